The SMILES string of the molecule is O=C(c1ccccc1)C(SS(=O)(=O)O)c1ccccc1. The predicted octanol–water partition coefficient (Wildman–Crippen LogP) is 3.15. The number of Topliss-reactive ketones (excluding diaryl/α,β-unsaturated/α-hetero) is 1. The average molecular weight is 308 g/mol. The maximum Gasteiger partial charge on any atom is 0.320 e. The summed E-state index contributed by atoms with van der Waals surface area (Å²) in [5, 5.41) is -0.992. The zero-order valence-electron chi connectivity index (χ0n) is 10.3. The first-order valence-corrected chi connectivity index (χ1v) is 8.61. The molecule has 0 saturated carbocycles. The van der Waals surface area contributed by atoms with Crippen LogP contribution in [0.2, 0.25) is 0 Å². The van der Waals surface area contributed by atoms with Crippen molar-refractivity contribution in [1.82, 2.24) is 0 Å². The summed E-state index contributed by atoms with van der Waals surface area (Å²) in [6.45, 7) is 0. The van der Waals surface area contributed by atoms with E-state index in [1.807, 2.05) is 0 Å². The Labute approximate surface area is 121 Å². The van der Waals surface area contributed by atoms with Crippen LogP contribution in [0.3, 0.4) is 0 Å². The lowest BCUT2D eigenvalue weighted by Gasteiger charge is -2.13. The van der Waals surface area contributed by atoms with Crippen LogP contribution in [0.4, 0.5) is 0 Å². The van der Waals surface area contributed by atoms with E-state index in [4.69, 9.17) is 4.55 Å². The third-order valence-corrected chi connectivity index (χ3v) is 4.85. The van der Waals surface area contributed by atoms with Crippen LogP contribution < -0.4 is 0 Å². The van der Waals surface area contributed by atoms with Gasteiger partial charge in [0.2, 0.25) is 0 Å². The van der Waals surface area contributed by atoms with Gasteiger partial charge in [-0.1, -0.05) is 60.7 Å². The summed E-state index contributed by atoms with van der Waals surface area (Å²) in [5.74, 6) is -0.362. The Bertz CT molecular complexity index is 682. The molecule has 2 aromatic carbocycles. The first-order valence-electron chi connectivity index (χ1n) is 5.77. The van der Waals surface area contributed by atoms with E-state index in [1.54, 1.807) is 60.7 Å². The minimum atomic E-state index is -4.33. The Morgan fingerprint density at radius 3 is 1.95 bits per heavy atom. The van der Waals surface area contributed by atoms with E-state index in [2.05, 4.69) is 0 Å². The fourth-order valence-electron chi connectivity index (χ4n) is 1.75. The van der Waals surface area contributed by atoms with Crippen LogP contribution in [0.1, 0.15) is 21.2 Å². The highest BCUT2D eigenvalue weighted by molar-refractivity contribution is 8.70. The van der Waals surface area contributed by atoms with Gasteiger partial charge in [-0.3, -0.25) is 9.35 Å². The largest absolute Gasteiger partial charge is 0.320 e. The highest BCUT2D eigenvalue weighted by Gasteiger charge is 2.27. The summed E-state index contributed by atoms with van der Waals surface area (Å²) >= 11 is 0. The number of carbonyl (C=O) groups excluding carboxylic acids is 1. The zero-order valence-corrected chi connectivity index (χ0v) is 12.0. The summed E-state index contributed by atoms with van der Waals surface area (Å²) in [7, 11) is -4.09. The Morgan fingerprint density at radius 1 is 0.950 bits per heavy atom. The standard InChI is InChI=1S/C14H12O4S2/c15-13(11-7-3-1-4-8-11)14(19-20(16,17)18)12-9-5-2-6-10-12/h1-10,14H,(H,16,17,18). The van der Waals surface area contributed by atoms with Crippen molar-refractivity contribution in [3.05, 3.63) is 71.8 Å². The molecule has 0 saturated heterocycles. The maximum absolute atomic E-state index is 12.4. The molecular formula is C14H12O4S2. The number of rotatable bonds is 5. The van der Waals surface area contributed by atoms with Crippen molar-refractivity contribution in [2.75, 3.05) is 0 Å². The fourth-order valence-corrected chi connectivity index (χ4v) is 3.81. The molecule has 0 heterocycles. The highest BCUT2D eigenvalue weighted by Crippen LogP contribution is 2.35. The van der Waals surface area contributed by atoms with E-state index in [-0.39, 0.29) is 16.6 Å². The smallest absolute Gasteiger partial charge is 0.293 e. The molecule has 0 aliphatic rings. The van der Waals surface area contributed by atoms with Crippen molar-refractivity contribution >= 4 is 25.7 Å². The number of hydrogen-bond acceptors (Lipinski definition) is 4. The Balaban J connectivity index is 2.40. The Morgan fingerprint density at radius 2 is 1.45 bits per heavy atom. The van der Waals surface area contributed by atoms with Crippen LogP contribution in [0, 0.1) is 0 Å². The average Bonchev–Trinajstić information content (AvgIpc) is 2.45. The van der Waals surface area contributed by atoms with Gasteiger partial charge >= 0.3 is 9.15 Å². The van der Waals surface area contributed by atoms with Crippen LogP contribution in [0.15, 0.2) is 60.7 Å². The lowest BCUT2D eigenvalue weighted by molar-refractivity contribution is 0.0989. The molecule has 1 atom stereocenters. The molecule has 0 radical (unpaired) electrons. The van der Waals surface area contributed by atoms with Gasteiger partial charge in [0.25, 0.3) is 0 Å². The topological polar surface area (TPSA) is 71.4 Å². The van der Waals surface area contributed by atoms with Gasteiger partial charge < -0.3 is 0 Å². The second kappa shape index (κ2) is 6.21. The van der Waals surface area contributed by atoms with Crippen LogP contribution in [-0.2, 0) is 9.15 Å². The van der Waals surface area contributed by atoms with E-state index in [9.17, 15) is 13.2 Å². The molecule has 6 heteroatoms. The third-order valence-electron chi connectivity index (χ3n) is 2.62. The van der Waals surface area contributed by atoms with Crippen molar-refractivity contribution in [1.29, 1.82) is 0 Å². The fraction of sp³-hybridized carbons (Fsp3) is 0.0714. The van der Waals surface area contributed by atoms with Crippen molar-refractivity contribution in [2.24, 2.45) is 0 Å². The Hall–Kier alpha value is -1.63. The summed E-state index contributed by atoms with van der Waals surface area (Å²) in [6, 6.07) is 16.9. The number of hydrogen-bond donors (Lipinski definition) is 1. The van der Waals surface area contributed by atoms with Crippen molar-refractivity contribution in [2.45, 2.75) is 5.25 Å². The second-order valence-electron chi connectivity index (χ2n) is 4.04. The van der Waals surface area contributed by atoms with Gasteiger partial charge in [0.1, 0.15) is 5.25 Å². The molecule has 20 heavy (non-hydrogen) atoms. The molecular weight excluding hydrogens is 296 g/mol. The molecule has 0 bridgehead atoms. The highest BCUT2D eigenvalue weighted by atomic mass is 33.1. The van der Waals surface area contributed by atoms with E-state index >= 15 is 0 Å². The summed E-state index contributed by atoms with van der Waals surface area (Å²) in [6.07, 6.45) is 0. The lowest BCUT2D eigenvalue weighted by atomic mass is 10.0. The van der Waals surface area contributed by atoms with Crippen molar-refractivity contribution in [3.63, 3.8) is 0 Å². The second-order valence-corrected chi connectivity index (χ2v) is 7.41. The van der Waals surface area contributed by atoms with Crippen LogP contribution in [0.25, 0.3) is 0 Å². The normalized spacial score (nSPS) is 12.8. The van der Waals surface area contributed by atoms with Crippen LogP contribution >= 0.6 is 10.8 Å². The van der Waals surface area contributed by atoms with Crippen LogP contribution in [-0.4, -0.2) is 18.8 Å². The minimum Gasteiger partial charge on any atom is -0.293 e. The van der Waals surface area contributed by atoms with Gasteiger partial charge in [0.05, 0.1) is 0 Å². The molecule has 0 aliphatic heterocycles. The van der Waals surface area contributed by atoms with Crippen molar-refractivity contribution in [3.8, 4) is 0 Å². The molecule has 104 valence electrons. The minimum absolute atomic E-state index is 0.236. The molecule has 0 fully saturated rings. The Kier molecular flexibility index (Phi) is 4.59. The lowest BCUT2D eigenvalue weighted by Crippen LogP contribution is -2.12. The number of benzene rings is 2. The number of carbonyl (C=O) groups is 1. The van der Waals surface area contributed by atoms with Gasteiger partial charge in [-0.05, 0) is 5.56 Å². The monoisotopic (exact) mass is 308 g/mol. The summed E-state index contributed by atoms with van der Waals surface area (Å²) < 4.78 is 31.3. The molecule has 0 amide bonds. The van der Waals surface area contributed by atoms with Gasteiger partial charge in [-0.15, -0.1) is 0 Å². The first-order chi connectivity index (χ1) is 9.47. The summed E-state index contributed by atoms with van der Waals surface area (Å²) in [5.41, 5.74) is 0.932. The molecule has 1 N–H and O–H groups in total. The quantitative estimate of drug-likeness (QED) is 0.522. The molecule has 0 aromatic heterocycles. The van der Waals surface area contributed by atoms with Crippen molar-refractivity contribution < 1.29 is 17.8 Å². The van der Waals surface area contributed by atoms with Crippen LogP contribution in [0.5, 0.6) is 0 Å². The predicted molar refractivity (Wildman–Crippen MR) is 79.1 cm³/mol. The van der Waals surface area contributed by atoms with E-state index in [0.717, 1.165) is 0 Å². The zero-order chi connectivity index (χ0) is 14.6. The van der Waals surface area contributed by atoms with Gasteiger partial charge in [0.15, 0.2) is 5.78 Å². The van der Waals surface area contributed by atoms with Gasteiger partial charge in [-0.2, -0.15) is 8.42 Å². The molecule has 0 aliphatic carbocycles. The molecule has 2 aromatic rings. The molecule has 2 rings (SSSR count). The first kappa shape index (κ1) is 14.8. The van der Waals surface area contributed by atoms with Gasteiger partial charge in [0, 0.05) is 16.4 Å². The summed E-state index contributed by atoms with van der Waals surface area (Å²) in [4.78, 5) is 12.4. The molecule has 0 spiro atoms. The maximum atomic E-state index is 12.4. The van der Waals surface area contributed by atoms with E-state index in [0.29, 0.717) is 11.1 Å². The van der Waals surface area contributed by atoms with E-state index in [1.165, 1.54) is 0 Å². The molecule has 4 nitrogen and oxygen atoms in total. The molecule has 1 unspecified atom stereocenters. The number of ketones is 1. The van der Waals surface area contributed by atoms with Gasteiger partial charge in [-0.25, -0.2) is 0 Å². The third kappa shape index (κ3) is 3.93. The van der Waals surface area contributed by atoms with E-state index < -0.39 is 14.4 Å².